The monoisotopic (exact) mass is 366 g/mol. The molecule has 1 aliphatic rings. The Labute approximate surface area is 162 Å². The van der Waals surface area contributed by atoms with Crippen molar-refractivity contribution in [3.05, 3.63) is 65.2 Å². The SMILES string of the molecule is CCC(C)c1ccc(C2CCC(OC(=O)c3ccc(OC)cc3)CC2)cc1. The summed E-state index contributed by atoms with van der Waals surface area (Å²) >= 11 is 0. The Kier molecular flexibility index (Phi) is 6.54. The van der Waals surface area contributed by atoms with Gasteiger partial charge in [-0.3, -0.25) is 0 Å². The lowest BCUT2D eigenvalue weighted by atomic mass is 9.82. The van der Waals surface area contributed by atoms with Crippen molar-refractivity contribution in [2.75, 3.05) is 7.11 Å². The van der Waals surface area contributed by atoms with E-state index in [-0.39, 0.29) is 12.1 Å². The highest BCUT2D eigenvalue weighted by molar-refractivity contribution is 5.89. The predicted octanol–water partition coefficient (Wildman–Crippen LogP) is 6.09. The molecule has 0 amide bonds. The normalized spacial score (nSPS) is 20.7. The highest BCUT2D eigenvalue weighted by Crippen LogP contribution is 2.35. The topological polar surface area (TPSA) is 35.5 Å². The number of ether oxygens (including phenoxy) is 2. The molecule has 0 N–H and O–H groups in total. The number of carbonyl (C=O) groups excluding carboxylic acids is 1. The highest BCUT2D eigenvalue weighted by atomic mass is 16.5. The number of methoxy groups -OCH3 is 1. The maximum absolute atomic E-state index is 12.3. The highest BCUT2D eigenvalue weighted by Gasteiger charge is 2.25. The minimum Gasteiger partial charge on any atom is -0.497 e. The third-order valence-corrected chi connectivity index (χ3v) is 5.86. The van der Waals surface area contributed by atoms with E-state index in [9.17, 15) is 4.79 Å². The lowest BCUT2D eigenvalue weighted by Crippen LogP contribution is -2.24. The Balaban J connectivity index is 1.51. The Morgan fingerprint density at radius 2 is 1.63 bits per heavy atom. The van der Waals surface area contributed by atoms with E-state index < -0.39 is 0 Å². The molecule has 0 saturated heterocycles. The van der Waals surface area contributed by atoms with E-state index in [1.165, 1.54) is 17.5 Å². The zero-order chi connectivity index (χ0) is 19.2. The molecule has 2 aromatic carbocycles. The van der Waals surface area contributed by atoms with Gasteiger partial charge in [0.2, 0.25) is 0 Å². The van der Waals surface area contributed by atoms with Gasteiger partial charge in [0.25, 0.3) is 0 Å². The zero-order valence-corrected chi connectivity index (χ0v) is 16.6. The first kappa shape index (κ1) is 19.5. The van der Waals surface area contributed by atoms with E-state index in [1.54, 1.807) is 31.4 Å². The predicted molar refractivity (Wildman–Crippen MR) is 109 cm³/mol. The van der Waals surface area contributed by atoms with E-state index in [2.05, 4.69) is 38.1 Å². The first-order valence-corrected chi connectivity index (χ1v) is 10.1. The molecular weight excluding hydrogens is 336 g/mol. The Hall–Kier alpha value is -2.29. The van der Waals surface area contributed by atoms with Gasteiger partial charge in [0.05, 0.1) is 12.7 Å². The molecule has 0 aliphatic heterocycles. The molecule has 1 fully saturated rings. The van der Waals surface area contributed by atoms with Crippen molar-refractivity contribution < 1.29 is 14.3 Å². The average Bonchev–Trinajstić information content (AvgIpc) is 2.74. The maximum atomic E-state index is 12.3. The molecule has 1 atom stereocenters. The number of hydrogen-bond donors (Lipinski definition) is 0. The molecule has 3 heteroatoms. The summed E-state index contributed by atoms with van der Waals surface area (Å²) in [4.78, 5) is 12.3. The van der Waals surface area contributed by atoms with Gasteiger partial charge in [-0.2, -0.15) is 0 Å². The van der Waals surface area contributed by atoms with Crippen molar-refractivity contribution >= 4 is 5.97 Å². The summed E-state index contributed by atoms with van der Waals surface area (Å²) in [5, 5.41) is 0. The molecule has 3 nitrogen and oxygen atoms in total. The fraction of sp³-hybridized carbons (Fsp3) is 0.458. The summed E-state index contributed by atoms with van der Waals surface area (Å²) < 4.78 is 10.8. The molecule has 1 saturated carbocycles. The van der Waals surface area contributed by atoms with Crippen LogP contribution in [0.5, 0.6) is 5.75 Å². The molecule has 0 heterocycles. The molecule has 2 aromatic rings. The zero-order valence-electron chi connectivity index (χ0n) is 16.6. The smallest absolute Gasteiger partial charge is 0.338 e. The summed E-state index contributed by atoms with van der Waals surface area (Å²) in [6.07, 6.45) is 5.20. The molecule has 0 bridgehead atoms. The maximum Gasteiger partial charge on any atom is 0.338 e. The van der Waals surface area contributed by atoms with Crippen LogP contribution in [-0.2, 0) is 4.74 Å². The van der Waals surface area contributed by atoms with Crippen LogP contribution in [0.2, 0.25) is 0 Å². The second kappa shape index (κ2) is 9.07. The van der Waals surface area contributed by atoms with Crippen LogP contribution in [0.15, 0.2) is 48.5 Å². The second-order valence-corrected chi connectivity index (χ2v) is 7.58. The summed E-state index contributed by atoms with van der Waals surface area (Å²) in [5.41, 5.74) is 3.42. The number of hydrogen-bond acceptors (Lipinski definition) is 3. The fourth-order valence-electron chi connectivity index (χ4n) is 3.79. The summed E-state index contributed by atoms with van der Waals surface area (Å²) in [5.74, 6) is 1.70. The summed E-state index contributed by atoms with van der Waals surface area (Å²) in [6, 6.07) is 16.2. The minimum absolute atomic E-state index is 0.0234. The third-order valence-electron chi connectivity index (χ3n) is 5.86. The van der Waals surface area contributed by atoms with Gasteiger partial charge in [0, 0.05) is 0 Å². The van der Waals surface area contributed by atoms with Crippen LogP contribution in [0.3, 0.4) is 0 Å². The first-order chi connectivity index (χ1) is 13.1. The van der Waals surface area contributed by atoms with Gasteiger partial charge in [-0.15, -0.1) is 0 Å². The molecule has 0 spiro atoms. The van der Waals surface area contributed by atoms with Crippen molar-refractivity contribution in [2.24, 2.45) is 0 Å². The molecule has 1 unspecified atom stereocenters. The molecule has 1 aliphatic carbocycles. The van der Waals surface area contributed by atoms with Crippen LogP contribution in [0.1, 0.15) is 79.3 Å². The van der Waals surface area contributed by atoms with Crippen LogP contribution in [0.25, 0.3) is 0 Å². The Morgan fingerprint density at radius 1 is 1.00 bits per heavy atom. The molecule has 0 radical (unpaired) electrons. The lowest BCUT2D eigenvalue weighted by molar-refractivity contribution is 0.0195. The van der Waals surface area contributed by atoms with Gasteiger partial charge < -0.3 is 9.47 Å². The fourth-order valence-corrected chi connectivity index (χ4v) is 3.79. The number of rotatable bonds is 6. The largest absolute Gasteiger partial charge is 0.497 e. The van der Waals surface area contributed by atoms with Gasteiger partial charge in [-0.25, -0.2) is 4.79 Å². The molecular formula is C24H30O3. The van der Waals surface area contributed by atoms with E-state index in [1.807, 2.05) is 0 Å². The average molecular weight is 367 g/mol. The number of esters is 1. The molecule has 3 rings (SSSR count). The van der Waals surface area contributed by atoms with Gasteiger partial charge >= 0.3 is 5.97 Å². The standard InChI is InChI=1S/C24H30O3/c1-4-17(2)18-5-7-19(8-6-18)20-9-15-23(16-10-20)27-24(25)21-11-13-22(26-3)14-12-21/h5-8,11-14,17,20,23H,4,9-10,15-16H2,1-3H3. The third kappa shape index (κ3) is 4.91. The van der Waals surface area contributed by atoms with Gasteiger partial charge in [-0.05, 0) is 79.3 Å². The minimum atomic E-state index is -0.237. The Morgan fingerprint density at radius 3 is 2.19 bits per heavy atom. The van der Waals surface area contributed by atoms with E-state index in [0.717, 1.165) is 31.4 Å². The van der Waals surface area contributed by atoms with Crippen LogP contribution >= 0.6 is 0 Å². The first-order valence-electron chi connectivity index (χ1n) is 10.1. The summed E-state index contributed by atoms with van der Waals surface area (Å²) in [7, 11) is 1.61. The van der Waals surface area contributed by atoms with Crippen molar-refractivity contribution in [2.45, 2.75) is 63.9 Å². The van der Waals surface area contributed by atoms with Crippen LogP contribution in [0.4, 0.5) is 0 Å². The number of benzene rings is 2. The second-order valence-electron chi connectivity index (χ2n) is 7.58. The quantitative estimate of drug-likeness (QED) is 0.580. The van der Waals surface area contributed by atoms with E-state index >= 15 is 0 Å². The van der Waals surface area contributed by atoms with Crippen LogP contribution in [-0.4, -0.2) is 19.2 Å². The number of carbonyl (C=O) groups is 1. The van der Waals surface area contributed by atoms with Crippen molar-refractivity contribution in [3.63, 3.8) is 0 Å². The van der Waals surface area contributed by atoms with Crippen LogP contribution < -0.4 is 4.74 Å². The lowest BCUT2D eigenvalue weighted by Gasteiger charge is -2.29. The van der Waals surface area contributed by atoms with Gasteiger partial charge in [0.1, 0.15) is 11.9 Å². The van der Waals surface area contributed by atoms with Crippen molar-refractivity contribution in [1.82, 2.24) is 0 Å². The van der Waals surface area contributed by atoms with Crippen molar-refractivity contribution in [3.8, 4) is 5.75 Å². The van der Waals surface area contributed by atoms with Crippen molar-refractivity contribution in [1.29, 1.82) is 0 Å². The Bertz CT molecular complexity index is 725. The summed E-state index contributed by atoms with van der Waals surface area (Å²) in [6.45, 7) is 4.50. The molecule has 144 valence electrons. The molecule has 27 heavy (non-hydrogen) atoms. The van der Waals surface area contributed by atoms with E-state index in [0.29, 0.717) is 17.4 Å². The molecule has 0 aromatic heterocycles. The van der Waals surface area contributed by atoms with Gasteiger partial charge in [-0.1, -0.05) is 38.1 Å². The van der Waals surface area contributed by atoms with Crippen LogP contribution in [0, 0.1) is 0 Å². The van der Waals surface area contributed by atoms with Gasteiger partial charge in [0.15, 0.2) is 0 Å². The van der Waals surface area contributed by atoms with E-state index in [4.69, 9.17) is 9.47 Å².